The van der Waals surface area contributed by atoms with Crippen molar-refractivity contribution in [3.8, 4) is 11.5 Å². The minimum absolute atomic E-state index is 0.273. The summed E-state index contributed by atoms with van der Waals surface area (Å²) in [7, 11) is 5.05. The van der Waals surface area contributed by atoms with E-state index in [1.807, 2.05) is 32.0 Å². The predicted octanol–water partition coefficient (Wildman–Crippen LogP) is 2.18. The Morgan fingerprint density at radius 1 is 1.17 bits per heavy atom. The number of rotatable bonds is 9. The number of nitrogens with zero attached hydrogens (tertiary/aromatic N) is 1. The Hall–Kier alpha value is -1.95. The zero-order valence-corrected chi connectivity index (χ0v) is 14.8. The van der Waals surface area contributed by atoms with Crippen molar-refractivity contribution in [2.75, 3.05) is 34.4 Å². The maximum absolute atomic E-state index is 5.51. The van der Waals surface area contributed by atoms with E-state index in [0.29, 0.717) is 6.54 Å². The highest BCUT2D eigenvalue weighted by molar-refractivity contribution is 5.79. The van der Waals surface area contributed by atoms with Crippen LogP contribution < -0.4 is 20.1 Å². The van der Waals surface area contributed by atoms with Crippen LogP contribution in [0.1, 0.15) is 25.8 Å². The fraction of sp³-hybridized carbons (Fsp3) is 0.588. The van der Waals surface area contributed by atoms with Crippen LogP contribution in [0.3, 0.4) is 0 Å². The summed E-state index contributed by atoms with van der Waals surface area (Å²) < 4.78 is 16.1. The summed E-state index contributed by atoms with van der Waals surface area (Å²) >= 11 is 0. The summed E-state index contributed by atoms with van der Waals surface area (Å²) in [5.41, 5.74) is 1.04. The highest BCUT2D eigenvalue weighted by Crippen LogP contribution is 2.24. The van der Waals surface area contributed by atoms with Gasteiger partial charge in [-0.3, -0.25) is 4.99 Å². The van der Waals surface area contributed by atoms with Crippen LogP contribution in [0.25, 0.3) is 0 Å². The Bertz CT molecular complexity index is 490. The van der Waals surface area contributed by atoms with Crippen molar-refractivity contribution in [2.45, 2.75) is 32.9 Å². The monoisotopic (exact) mass is 323 g/mol. The van der Waals surface area contributed by atoms with Crippen molar-refractivity contribution in [1.29, 1.82) is 0 Å². The molecule has 0 atom stereocenters. The van der Waals surface area contributed by atoms with Gasteiger partial charge in [0.15, 0.2) is 5.96 Å². The average Bonchev–Trinajstić information content (AvgIpc) is 2.56. The largest absolute Gasteiger partial charge is 0.497 e. The number of benzene rings is 1. The second kappa shape index (κ2) is 10.7. The molecule has 6 nitrogen and oxygen atoms in total. The predicted molar refractivity (Wildman–Crippen MR) is 93.5 cm³/mol. The minimum atomic E-state index is 0.273. The Morgan fingerprint density at radius 2 is 1.96 bits per heavy atom. The summed E-state index contributed by atoms with van der Waals surface area (Å²) in [4.78, 5) is 4.21. The molecule has 0 aliphatic carbocycles. The first-order chi connectivity index (χ1) is 11.1. The Balaban J connectivity index is 2.42. The molecule has 0 aliphatic rings. The number of ether oxygens (including phenoxy) is 3. The molecular formula is C17H29N3O3. The van der Waals surface area contributed by atoms with Crippen LogP contribution in [0.2, 0.25) is 0 Å². The molecule has 1 aromatic carbocycles. The second-order valence-corrected chi connectivity index (χ2v) is 5.30. The van der Waals surface area contributed by atoms with Gasteiger partial charge in [-0.25, -0.2) is 0 Å². The van der Waals surface area contributed by atoms with E-state index in [9.17, 15) is 0 Å². The first kappa shape index (κ1) is 19.1. The third kappa shape index (κ3) is 7.23. The van der Waals surface area contributed by atoms with E-state index in [-0.39, 0.29) is 6.10 Å². The van der Waals surface area contributed by atoms with Crippen molar-refractivity contribution in [2.24, 2.45) is 4.99 Å². The molecule has 130 valence electrons. The first-order valence-corrected chi connectivity index (χ1v) is 7.87. The average molecular weight is 323 g/mol. The third-order valence-electron chi connectivity index (χ3n) is 3.23. The lowest BCUT2D eigenvalue weighted by Gasteiger charge is -2.14. The molecule has 1 aromatic rings. The number of hydrogen-bond donors (Lipinski definition) is 2. The summed E-state index contributed by atoms with van der Waals surface area (Å²) in [5, 5.41) is 6.54. The molecule has 0 aromatic heterocycles. The molecule has 0 radical (unpaired) electrons. The first-order valence-electron chi connectivity index (χ1n) is 7.87. The van der Waals surface area contributed by atoms with Crippen molar-refractivity contribution >= 4 is 5.96 Å². The highest BCUT2D eigenvalue weighted by atomic mass is 16.5. The molecule has 0 aliphatic heterocycles. The van der Waals surface area contributed by atoms with Crippen molar-refractivity contribution in [3.63, 3.8) is 0 Å². The van der Waals surface area contributed by atoms with E-state index < -0.39 is 0 Å². The standard InChI is InChI=1S/C17H29N3O3/c1-13(2)23-10-6-9-19-17(18-3)20-12-14-7-8-15(21-4)11-16(14)22-5/h7-8,11,13H,6,9-10,12H2,1-5H3,(H2,18,19,20). The van der Waals surface area contributed by atoms with Gasteiger partial charge < -0.3 is 24.8 Å². The van der Waals surface area contributed by atoms with Crippen LogP contribution in [-0.4, -0.2) is 46.5 Å². The molecule has 0 spiro atoms. The van der Waals surface area contributed by atoms with Crippen LogP contribution in [0, 0.1) is 0 Å². The molecular weight excluding hydrogens is 294 g/mol. The molecule has 6 heteroatoms. The normalized spacial score (nSPS) is 11.5. The van der Waals surface area contributed by atoms with Crippen LogP contribution in [-0.2, 0) is 11.3 Å². The molecule has 0 fully saturated rings. The van der Waals surface area contributed by atoms with Gasteiger partial charge in [-0.15, -0.1) is 0 Å². The Morgan fingerprint density at radius 3 is 2.57 bits per heavy atom. The van der Waals surface area contributed by atoms with Crippen LogP contribution in [0.5, 0.6) is 11.5 Å². The van der Waals surface area contributed by atoms with Crippen LogP contribution >= 0.6 is 0 Å². The summed E-state index contributed by atoms with van der Waals surface area (Å²) in [5.74, 6) is 2.32. The lowest BCUT2D eigenvalue weighted by Crippen LogP contribution is -2.37. The van der Waals surface area contributed by atoms with Gasteiger partial charge in [0.05, 0.1) is 20.3 Å². The van der Waals surface area contributed by atoms with E-state index in [1.54, 1.807) is 21.3 Å². The smallest absolute Gasteiger partial charge is 0.191 e. The minimum Gasteiger partial charge on any atom is -0.497 e. The van der Waals surface area contributed by atoms with Crippen molar-refractivity contribution in [3.05, 3.63) is 23.8 Å². The Kier molecular flexibility index (Phi) is 8.90. The maximum Gasteiger partial charge on any atom is 0.191 e. The van der Waals surface area contributed by atoms with E-state index in [1.165, 1.54) is 0 Å². The van der Waals surface area contributed by atoms with Gasteiger partial charge in [-0.05, 0) is 32.4 Å². The zero-order valence-electron chi connectivity index (χ0n) is 14.8. The summed E-state index contributed by atoms with van der Waals surface area (Å²) in [6, 6.07) is 5.77. The van der Waals surface area contributed by atoms with Crippen molar-refractivity contribution in [1.82, 2.24) is 10.6 Å². The molecule has 0 bridgehead atoms. The lowest BCUT2D eigenvalue weighted by molar-refractivity contribution is 0.0776. The van der Waals surface area contributed by atoms with E-state index in [2.05, 4.69) is 15.6 Å². The van der Waals surface area contributed by atoms with E-state index in [4.69, 9.17) is 14.2 Å². The van der Waals surface area contributed by atoms with E-state index >= 15 is 0 Å². The molecule has 0 unspecified atom stereocenters. The fourth-order valence-corrected chi connectivity index (χ4v) is 2.00. The van der Waals surface area contributed by atoms with E-state index in [0.717, 1.165) is 42.6 Å². The molecule has 0 saturated heterocycles. The number of guanidine groups is 1. The fourth-order valence-electron chi connectivity index (χ4n) is 2.00. The van der Waals surface area contributed by atoms with Gasteiger partial charge in [0.25, 0.3) is 0 Å². The van der Waals surface area contributed by atoms with Gasteiger partial charge in [0, 0.05) is 38.4 Å². The van der Waals surface area contributed by atoms with Crippen LogP contribution in [0.4, 0.5) is 0 Å². The number of hydrogen-bond acceptors (Lipinski definition) is 4. The van der Waals surface area contributed by atoms with Gasteiger partial charge in [-0.2, -0.15) is 0 Å². The van der Waals surface area contributed by atoms with Gasteiger partial charge in [0.2, 0.25) is 0 Å². The molecule has 23 heavy (non-hydrogen) atoms. The number of nitrogens with one attached hydrogen (secondary N) is 2. The zero-order chi connectivity index (χ0) is 17.1. The van der Waals surface area contributed by atoms with Crippen molar-refractivity contribution < 1.29 is 14.2 Å². The highest BCUT2D eigenvalue weighted by Gasteiger charge is 2.06. The number of aliphatic imine (C=N–C) groups is 1. The quantitative estimate of drug-likeness (QED) is 0.414. The number of methoxy groups -OCH3 is 2. The topological polar surface area (TPSA) is 64.1 Å². The summed E-state index contributed by atoms with van der Waals surface area (Å²) in [6.07, 6.45) is 1.21. The lowest BCUT2D eigenvalue weighted by atomic mass is 10.2. The second-order valence-electron chi connectivity index (χ2n) is 5.30. The van der Waals surface area contributed by atoms with Gasteiger partial charge >= 0.3 is 0 Å². The molecule has 0 heterocycles. The van der Waals surface area contributed by atoms with Crippen LogP contribution in [0.15, 0.2) is 23.2 Å². The Labute approximate surface area is 139 Å². The molecule has 1 rings (SSSR count). The van der Waals surface area contributed by atoms with Gasteiger partial charge in [-0.1, -0.05) is 0 Å². The molecule has 0 saturated carbocycles. The summed E-state index contributed by atoms with van der Waals surface area (Å²) in [6.45, 7) is 6.25. The molecule has 2 N–H and O–H groups in total. The SMILES string of the molecule is CN=C(NCCCOC(C)C)NCc1ccc(OC)cc1OC. The van der Waals surface area contributed by atoms with Gasteiger partial charge in [0.1, 0.15) is 11.5 Å². The molecule has 0 amide bonds. The maximum atomic E-state index is 5.51. The third-order valence-corrected chi connectivity index (χ3v) is 3.23.